The smallest absolute Gasteiger partial charge is 0.164 e. The van der Waals surface area contributed by atoms with E-state index in [9.17, 15) is 0 Å². The molecule has 0 amide bonds. The molecule has 3 heterocycles. The first-order chi connectivity index (χ1) is 25.2. The van der Waals surface area contributed by atoms with E-state index in [4.69, 9.17) is 26.6 Å². The van der Waals surface area contributed by atoms with Crippen LogP contribution in [0, 0.1) is 0 Å². The minimum Gasteiger partial charge on any atom is -0.309 e. The van der Waals surface area contributed by atoms with Crippen molar-refractivity contribution >= 4 is 64.9 Å². The van der Waals surface area contributed by atoms with Crippen LogP contribution in [0.25, 0.3) is 93.0 Å². The quantitative estimate of drug-likeness (QED) is 0.180. The van der Waals surface area contributed by atoms with Gasteiger partial charge in [0.1, 0.15) is 0 Å². The maximum Gasteiger partial charge on any atom is 0.164 e. The first-order valence-corrected chi connectivity index (χ1v) is 18.0. The van der Waals surface area contributed by atoms with Gasteiger partial charge in [-0.3, -0.25) is 0 Å². The van der Waals surface area contributed by atoms with E-state index in [-0.39, 0.29) is 0 Å². The van der Waals surface area contributed by atoms with Crippen molar-refractivity contribution in [3.63, 3.8) is 0 Å². The molecule has 0 aliphatic heterocycles. The monoisotopic (exact) mass is 690 g/mol. The first-order valence-electron chi connectivity index (χ1n) is 16.8. The second-order valence-corrected chi connectivity index (χ2v) is 14.1. The summed E-state index contributed by atoms with van der Waals surface area (Å²) in [5.41, 5.74) is 8.08. The summed E-state index contributed by atoms with van der Waals surface area (Å²) in [6.45, 7) is 0. The maximum atomic E-state index is 6.99. The molecule has 0 saturated carbocycles. The molecule has 0 aliphatic rings. The summed E-state index contributed by atoms with van der Waals surface area (Å²) >= 11 is 8.79. The molecular weight excluding hydrogens is 664 g/mol. The standard InChI is InChI=1S/C45H27ClN4S/c46-37-25-23-29(26-36(37)34-18-11-21-41-42(34)35-17-8-10-20-40(35)51-41)44-47-43(28-12-3-1-4-13-28)48-45(49-44)30-22-24-33-32-16-7-9-19-38(32)50(39(33)27-30)31-14-5-2-6-15-31/h1-27H. The van der Waals surface area contributed by atoms with E-state index in [0.29, 0.717) is 22.5 Å². The molecule has 4 nitrogen and oxygen atoms in total. The number of thiophene rings is 1. The van der Waals surface area contributed by atoms with E-state index in [1.807, 2.05) is 48.5 Å². The molecule has 6 heteroatoms. The Labute approximate surface area is 302 Å². The Bertz CT molecular complexity index is 2930. The van der Waals surface area contributed by atoms with E-state index < -0.39 is 0 Å². The van der Waals surface area contributed by atoms with Crippen LogP contribution in [0.1, 0.15) is 0 Å². The Morgan fingerprint density at radius 2 is 1.04 bits per heavy atom. The molecule has 0 atom stereocenters. The molecule has 10 rings (SSSR count). The van der Waals surface area contributed by atoms with Gasteiger partial charge in [0.2, 0.25) is 0 Å². The summed E-state index contributed by atoms with van der Waals surface area (Å²) in [6.07, 6.45) is 0. The van der Waals surface area contributed by atoms with Gasteiger partial charge in [-0.25, -0.2) is 15.0 Å². The summed E-state index contributed by atoms with van der Waals surface area (Å²) in [4.78, 5) is 15.3. The Morgan fingerprint density at radius 3 is 1.84 bits per heavy atom. The van der Waals surface area contributed by atoms with Crippen molar-refractivity contribution in [3.05, 3.63) is 169 Å². The molecule has 0 aliphatic carbocycles. The number of para-hydroxylation sites is 2. The summed E-state index contributed by atoms with van der Waals surface area (Å²) in [5.74, 6) is 1.80. The zero-order chi connectivity index (χ0) is 33.9. The van der Waals surface area contributed by atoms with Crippen LogP contribution in [0.15, 0.2) is 164 Å². The highest BCUT2D eigenvalue weighted by atomic mass is 35.5. The van der Waals surface area contributed by atoms with Gasteiger partial charge in [0.05, 0.1) is 11.0 Å². The van der Waals surface area contributed by atoms with Gasteiger partial charge in [0, 0.05) is 63.9 Å². The molecule has 0 N–H and O–H groups in total. The number of hydrogen-bond acceptors (Lipinski definition) is 4. The second-order valence-electron chi connectivity index (χ2n) is 12.6. The summed E-state index contributed by atoms with van der Waals surface area (Å²) in [7, 11) is 0. The van der Waals surface area contributed by atoms with Gasteiger partial charge in [-0.2, -0.15) is 0 Å². The van der Waals surface area contributed by atoms with Gasteiger partial charge >= 0.3 is 0 Å². The van der Waals surface area contributed by atoms with Gasteiger partial charge in [-0.1, -0.05) is 121 Å². The lowest BCUT2D eigenvalue weighted by Crippen LogP contribution is -2.01. The van der Waals surface area contributed by atoms with Gasteiger partial charge in [-0.05, 0) is 60.2 Å². The van der Waals surface area contributed by atoms with Gasteiger partial charge < -0.3 is 4.57 Å². The van der Waals surface area contributed by atoms with E-state index in [1.54, 1.807) is 11.3 Å². The lowest BCUT2D eigenvalue weighted by molar-refractivity contribution is 1.07. The van der Waals surface area contributed by atoms with E-state index in [0.717, 1.165) is 44.5 Å². The minimum absolute atomic E-state index is 0.586. The summed E-state index contributed by atoms with van der Waals surface area (Å²) in [6, 6.07) is 56.7. The van der Waals surface area contributed by atoms with Crippen LogP contribution in [0.4, 0.5) is 0 Å². The van der Waals surface area contributed by atoms with Gasteiger partial charge in [0.25, 0.3) is 0 Å². The minimum atomic E-state index is 0.586. The first kappa shape index (κ1) is 29.7. The summed E-state index contributed by atoms with van der Waals surface area (Å²) in [5, 5.41) is 5.49. The molecule has 51 heavy (non-hydrogen) atoms. The lowest BCUT2D eigenvalue weighted by atomic mass is 9.97. The normalized spacial score (nSPS) is 11.6. The van der Waals surface area contributed by atoms with Crippen LogP contribution in [-0.2, 0) is 0 Å². The highest BCUT2D eigenvalue weighted by molar-refractivity contribution is 7.25. The van der Waals surface area contributed by atoms with Crippen molar-refractivity contribution in [2.75, 3.05) is 0 Å². The third kappa shape index (κ3) is 5.01. The molecule has 0 unspecified atom stereocenters. The van der Waals surface area contributed by atoms with E-state index in [2.05, 4.69) is 120 Å². The zero-order valence-corrected chi connectivity index (χ0v) is 28.7. The molecule has 240 valence electrons. The molecule has 0 fully saturated rings. The predicted octanol–water partition coefficient (Wildman–Crippen LogP) is 12.7. The molecule has 0 saturated heterocycles. The lowest BCUT2D eigenvalue weighted by Gasteiger charge is -2.12. The molecule has 3 aromatic heterocycles. The topological polar surface area (TPSA) is 43.6 Å². The van der Waals surface area contributed by atoms with E-state index >= 15 is 0 Å². The summed E-state index contributed by atoms with van der Waals surface area (Å²) < 4.78 is 4.80. The average Bonchev–Trinajstić information content (AvgIpc) is 3.74. The molecule has 0 spiro atoms. The van der Waals surface area contributed by atoms with E-state index in [1.165, 1.54) is 30.9 Å². The Morgan fingerprint density at radius 1 is 0.431 bits per heavy atom. The van der Waals surface area contributed by atoms with Crippen LogP contribution in [0.3, 0.4) is 0 Å². The number of halogens is 1. The van der Waals surface area contributed by atoms with Crippen LogP contribution >= 0.6 is 22.9 Å². The number of hydrogen-bond donors (Lipinski definition) is 0. The average molecular weight is 691 g/mol. The van der Waals surface area contributed by atoms with Gasteiger partial charge in [-0.15, -0.1) is 11.3 Å². The molecule has 0 bridgehead atoms. The van der Waals surface area contributed by atoms with Crippen molar-refractivity contribution in [1.29, 1.82) is 0 Å². The van der Waals surface area contributed by atoms with Crippen LogP contribution < -0.4 is 0 Å². The third-order valence-corrected chi connectivity index (χ3v) is 11.0. The number of benzene rings is 7. The Hall–Kier alpha value is -6.14. The maximum absolute atomic E-state index is 6.99. The fraction of sp³-hybridized carbons (Fsp3) is 0. The SMILES string of the molecule is Clc1ccc(-c2nc(-c3ccccc3)nc(-c3ccc4c5ccccc5n(-c5ccccc5)c4c3)n2)cc1-c1cccc2sc3ccccc3c12. The number of aromatic nitrogens is 4. The number of rotatable bonds is 5. The third-order valence-electron chi connectivity index (χ3n) is 9.53. The molecular formula is C45H27ClN4S. The highest BCUT2D eigenvalue weighted by Gasteiger charge is 2.19. The van der Waals surface area contributed by atoms with Crippen LogP contribution in [0.5, 0.6) is 0 Å². The Kier molecular flexibility index (Phi) is 7.01. The molecule has 7 aromatic carbocycles. The number of nitrogens with zero attached hydrogens (tertiary/aromatic N) is 4. The second kappa shape index (κ2) is 12.0. The van der Waals surface area contributed by atoms with Crippen LogP contribution in [-0.4, -0.2) is 19.5 Å². The number of fused-ring (bicyclic) bond motifs is 6. The Balaban J connectivity index is 1.18. The van der Waals surface area contributed by atoms with Crippen molar-refractivity contribution in [1.82, 2.24) is 19.5 Å². The largest absolute Gasteiger partial charge is 0.309 e. The molecule has 10 aromatic rings. The van der Waals surface area contributed by atoms with Crippen molar-refractivity contribution in [2.45, 2.75) is 0 Å². The van der Waals surface area contributed by atoms with Crippen molar-refractivity contribution in [3.8, 4) is 51.0 Å². The highest BCUT2D eigenvalue weighted by Crippen LogP contribution is 2.43. The molecule has 0 radical (unpaired) electrons. The fourth-order valence-electron chi connectivity index (χ4n) is 7.19. The van der Waals surface area contributed by atoms with Crippen molar-refractivity contribution in [2.24, 2.45) is 0 Å². The van der Waals surface area contributed by atoms with Gasteiger partial charge in [0.15, 0.2) is 17.5 Å². The van der Waals surface area contributed by atoms with Crippen molar-refractivity contribution < 1.29 is 0 Å². The fourth-order valence-corrected chi connectivity index (χ4v) is 8.54. The predicted molar refractivity (Wildman–Crippen MR) is 214 cm³/mol. The zero-order valence-electron chi connectivity index (χ0n) is 27.2. The van der Waals surface area contributed by atoms with Crippen LogP contribution in [0.2, 0.25) is 5.02 Å².